The van der Waals surface area contributed by atoms with E-state index in [1.54, 1.807) is 0 Å². The van der Waals surface area contributed by atoms with E-state index < -0.39 is 0 Å². The number of nitrogens with zero attached hydrogens (tertiary/aromatic N) is 1. The van der Waals surface area contributed by atoms with Crippen molar-refractivity contribution < 1.29 is 4.79 Å². The van der Waals surface area contributed by atoms with Crippen LogP contribution in [0.4, 0.5) is 5.82 Å². The molecule has 1 aromatic rings. The number of H-pyrrole nitrogens is 1. The first kappa shape index (κ1) is 12.1. The van der Waals surface area contributed by atoms with Crippen molar-refractivity contribution >= 4 is 11.7 Å². The van der Waals surface area contributed by atoms with E-state index in [9.17, 15) is 4.79 Å². The van der Waals surface area contributed by atoms with Gasteiger partial charge < -0.3 is 10.6 Å². The van der Waals surface area contributed by atoms with Crippen molar-refractivity contribution in [3.8, 4) is 0 Å². The van der Waals surface area contributed by atoms with Crippen LogP contribution in [0, 0.1) is 0 Å². The molecule has 0 spiro atoms. The minimum Gasteiger partial charge on any atom is -0.308 e. The average Bonchev–Trinajstić information content (AvgIpc) is 2.79. The van der Waals surface area contributed by atoms with Gasteiger partial charge in [0.05, 0.1) is 6.04 Å². The summed E-state index contributed by atoms with van der Waals surface area (Å²) in [6.45, 7) is 5.10. The van der Waals surface area contributed by atoms with Crippen molar-refractivity contribution in [3.63, 3.8) is 0 Å². The van der Waals surface area contributed by atoms with Gasteiger partial charge >= 0.3 is 0 Å². The van der Waals surface area contributed by atoms with Crippen LogP contribution in [0.15, 0.2) is 6.07 Å². The van der Waals surface area contributed by atoms with Crippen LogP contribution >= 0.6 is 0 Å². The van der Waals surface area contributed by atoms with E-state index in [2.05, 4.69) is 34.7 Å². The minimum absolute atomic E-state index is 0.0199. The lowest BCUT2D eigenvalue weighted by Crippen LogP contribution is -2.43. The third kappa shape index (κ3) is 3.06. The standard InChI is InChI=1S/C12H20N4O/c1-8(2)10-7-11(16-15-10)14-12(17)9-5-3-4-6-13-9/h7-9,13H,3-6H2,1-2H3,(H2,14,15,16,17)/t9-/m0/s1. The van der Waals surface area contributed by atoms with Gasteiger partial charge in [0, 0.05) is 11.8 Å². The van der Waals surface area contributed by atoms with Crippen molar-refractivity contribution in [2.24, 2.45) is 0 Å². The van der Waals surface area contributed by atoms with E-state index in [0.717, 1.165) is 31.5 Å². The van der Waals surface area contributed by atoms with Crippen LogP contribution in [-0.2, 0) is 4.79 Å². The fourth-order valence-corrected chi connectivity index (χ4v) is 1.99. The van der Waals surface area contributed by atoms with Crippen LogP contribution in [0.3, 0.4) is 0 Å². The van der Waals surface area contributed by atoms with Crippen LogP contribution in [0.2, 0.25) is 0 Å². The molecule has 0 saturated carbocycles. The Bertz CT molecular complexity index is 380. The molecule has 5 heteroatoms. The Morgan fingerprint density at radius 2 is 2.35 bits per heavy atom. The van der Waals surface area contributed by atoms with Gasteiger partial charge in [-0.15, -0.1) is 0 Å². The maximum absolute atomic E-state index is 11.9. The van der Waals surface area contributed by atoms with Crippen molar-refractivity contribution in [3.05, 3.63) is 11.8 Å². The maximum Gasteiger partial charge on any atom is 0.242 e. The quantitative estimate of drug-likeness (QED) is 0.746. The number of anilines is 1. The smallest absolute Gasteiger partial charge is 0.242 e. The Balaban J connectivity index is 1.92. The summed E-state index contributed by atoms with van der Waals surface area (Å²) in [6.07, 6.45) is 3.18. The second-order valence-corrected chi connectivity index (χ2v) is 4.85. The highest BCUT2D eigenvalue weighted by Crippen LogP contribution is 2.15. The molecule has 2 heterocycles. The summed E-state index contributed by atoms with van der Waals surface area (Å²) in [5.41, 5.74) is 1.04. The van der Waals surface area contributed by atoms with Crippen molar-refractivity contribution in [2.75, 3.05) is 11.9 Å². The number of aromatic nitrogens is 2. The van der Waals surface area contributed by atoms with E-state index in [1.807, 2.05) is 6.07 Å². The molecule has 1 aliphatic rings. The van der Waals surface area contributed by atoms with E-state index >= 15 is 0 Å². The number of carbonyl (C=O) groups excluding carboxylic acids is 1. The van der Waals surface area contributed by atoms with Gasteiger partial charge in [-0.3, -0.25) is 9.89 Å². The number of carbonyl (C=O) groups is 1. The van der Waals surface area contributed by atoms with Crippen LogP contribution in [0.1, 0.15) is 44.7 Å². The number of piperidine rings is 1. The molecule has 1 atom stereocenters. The van der Waals surface area contributed by atoms with Gasteiger partial charge in [0.1, 0.15) is 0 Å². The lowest BCUT2D eigenvalue weighted by atomic mass is 10.0. The molecule has 0 unspecified atom stereocenters. The van der Waals surface area contributed by atoms with Crippen molar-refractivity contribution in [2.45, 2.75) is 45.1 Å². The van der Waals surface area contributed by atoms with E-state index in [-0.39, 0.29) is 11.9 Å². The summed E-state index contributed by atoms with van der Waals surface area (Å²) >= 11 is 0. The summed E-state index contributed by atoms with van der Waals surface area (Å²) in [5, 5.41) is 13.1. The van der Waals surface area contributed by atoms with Gasteiger partial charge in [-0.1, -0.05) is 20.3 Å². The van der Waals surface area contributed by atoms with Gasteiger partial charge in [-0.25, -0.2) is 0 Å². The molecule has 0 radical (unpaired) electrons. The molecule has 17 heavy (non-hydrogen) atoms. The zero-order chi connectivity index (χ0) is 12.3. The van der Waals surface area contributed by atoms with E-state index in [1.165, 1.54) is 0 Å². The summed E-state index contributed by atoms with van der Waals surface area (Å²) in [6, 6.07) is 1.83. The van der Waals surface area contributed by atoms with E-state index in [4.69, 9.17) is 0 Å². The predicted molar refractivity (Wildman–Crippen MR) is 66.9 cm³/mol. The molecule has 1 aliphatic heterocycles. The third-order valence-electron chi connectivity index (χ3n) is 3.10. The van der Waals surface area contributed by atoms with Crippen LogP contribution in [-0.4, -0.2) is 28.7 Å². The fourth-order valence-electron chi connectivity index (χ4n) is 1.99. The number of nitrogens with one attached hydrogen (secondary N) is 3. The van der Waals surface area contributed by atoms with Gasteiger partial charge in [-0.05, 0) is 25.3 Å². The normalized spacial score (nSPS) is 20.5. The zero-order valence-corrected chi connectivity index (χ0v) is 10.4. The highest BCUT2D eigenvalue weighted by atomic mass is 16.2. The number of hydrogen-bond acceptors (Lipinski definition) is 3. The molecule has 1 saturated heterocycles. The van der Waals surface area contributed by atoms with Crippen molar-refractivity contribution in [1.82, 2.24) is 15.5 Å². The summed E-state index contributed by atoms with van der Waals surface area (Å²) in [5.74, 6) is 1.03. The number of aromatic amines is 1. The first-order valence-corrected chi connectivity index (χ1v) is 6.26. The largest absolute Gasteiger partial charge is 0.308 e. The third-order valence-corrected chi connectivity index (χ3v) is 3.10. The van der Waals surface area contributed by atoms with Crippen LogP contribution < -0.4 is 10.6 Å². The molecule has 1 fully saturated rings. The second-order valence-electron chi connectivity index (χ2n) is 4.85. The van der Waals surface area contributed by atoms with Crippen molar-refractivity contribution in [1.29, 1.82) is 0 Å². The van der Waals surface area contributed by atoms with Gasteiger partial charge in [0.25, 0.3) is 0 Å². The summed E-state index contributed by atoms with van der Waals surface area (Å²) in [4.78, 5) is 11.9. The molecule has 0 aliphatic carbocycles. The molecule has 3 N–H and O–H groups in total. The topological polar surface area (TPSA) is 69.8 Å². The Morgan fingerprint density at radius 1 is 1.53 bits per heavy atom. The Labute approximate surface area is 101 Å². The monoisotopic (exact) mass is 236 g/mol. The molecule has 94 valence electrons. The lowest BCUT2D eigenvalue weighted by Gasteiger charge is -2.21. The Kier molecular flexibility index (Phi) is 3.78. The number of amides is 1. The molecule has 0 bridgehead atoms. The lowest BCUT2D eigenvalue weighted by molar-refractivity contribution is -0.118. The predicted octanol–water partition coefficient (Wildman–Crippen LogP) is 1.61. The van der Waals surface area contributed by atoms with E-state index in [0.29, 0.717) is 11.7 Å². The highest BCUT2D eigenvalue weighted by Gasteiger charge is 2.21. The molecule has 1 aromatic heterocycles. The average molecular weight is 236 g/mol. The molecule has 1 amide bonds. The molecule has 0 aromatic carbocycles. The zero-order valence-electron chi connectivity index (χ0n) is 10.4. The Hall–Kier alpha value is -1.36. The van der Waals surface area contributed by atoms with Gasteiger partial charge in [0.2, 0.25) is 5.91 Å². The summed E-state index contributed by atoms with van der Waals surface area (Å²) < 4.78 is 0. The minimum atomic E-state index is -0.0667. The highest BCUT2D eigenvalue weighted by molar-refractivity contribution is 5.94. The molecule has 2 rings (SSSR count). The SMILES string of the molecule is CC(C)c1cc(NC(=O)[C@@H]2CCCCN2)n[nH]1. The first-order valence-electron chi connectivity index (χ1n) is 6.26. The fraction of sp³-hybridized carbons (Fsp3) is 0.667. The maximum atomic E-state index is 11.9. The first-order chi connectivity index (χ1) is 8.16. The summed E-state index contributed by atoms with van der Waals surface area (Å²) in [7, 11) is 0. The van der Waals surface area contributed by atoms with Crippen LogP contribution in [0.25, 0.3) is 0 Å². The molecular weight excluding hydrogens is 216 g/mol. The molecular formula is C12H20N4O. The number of hydrogen-bond donors (Lipinski definition) is 3. The van der Waals surface area contributed by atoms with Crippen LogP contribution in [0.5, 0.6) is 0 Å². The molecule has 5 nitrogen and oxygen atoms in total. The second kappa shape index (κ2) is 5.31. The Morgan fingerprint density at radius 3 is 2.94 bits per heavy atom. The number of rotatable bonds is 3. The van der Waals surface area contributed by atoms with Gasteiger partial charge in [-0.2, -0.15) is 5.10 Å². The van der Waals surface area contributed by atoms with Gasteiger partial charge in [0.15, 0.2) is 5.82 Å².